The molecule has 16 heavy (non-hydrogen) atoms. The average Bonchev–Trinajstić information content (AvgIpc) is 2.25. The Labute approximate surface area is 95.4 Å². The summed E-state index contributed by atoms with van der Waals surface area (Å²) in [4.78, 5) is 0. The maximum Gasteiger partial charge on any atom is 0.127 e. The van der Waals surface area contributed by atoms with Crippen LogP contribution in [0.3, 0.4) is 0 Å². The van der Waals surface area contributed by atoms with Gasteiger partial charge >= 0.3 is 0 Å². The first-order chi connectivity index (χ1) is 7.65. The van der Waals surface area contributed by atoms with Crippen LogP contribution < -0.4 is 10.5 Å². The topological polar surface area (TPSA) is 44.5 Å². The molecule has 2 N–H and O–H groups in total. The molecule has 0 aromatic heterocycles. The Morgan fingerprint density at radius 2 is 2.12 bits per heavy atom. The van der Waals surface area contributed by atoms with E-state index in [1.165, 1.54) is 12.1 Å². The Bertz CT molecular complexity index is 331. The zero-order valence-corrected chi connectivity index (χ0v) is 9.70. The minimum atomic E-state index is -0.300. The number of ether oxygens (including phenoxy) is 2. The predicted octanol–water partition coefficient (Wildman–Crippen LogP) is 1.74. The fraction of sp³-hybridized carbons (Fsp3) is 0.500. The smallest absolute Gasteiger partial charge is 0.127 e. The summed E-state index contributed by atoms with van der Waals surface area (Å²) in [5.41, 5.74) is 6.27. The molecule has 0 aliphatic rings. The Morgan fingerprint density at radius 1 is 1.38 bits per heavy atom. The lowest BCUT2D eigenvalue weighted by Crippen LogP contribution is -2.16. The van der Waals surface area contributed by atoms with Crippen molar-refractivity contribution in [2.24, 2.45) is 5.73 Å². The molecule has 0 heterocycles. The number of hydrogen-bond donors (Lipinski definition) is 1. The van der Waals surface area contributed by atoms with Crippen molar-refractivity contribution in [2.75, 3.05) is 20.3 Å². The van der Waals surface area contributed by atoms with Crippen LogP contribution in [0.4, 0.5) is 4.39 Å². The van der Waals surface area contributed by atoms with E-state index < -0.39 is 0 Å². The highest BCUT2D eigenvalue weighted by atomic mass is 19.1. The summed E-state index contributed by atoms with van der Waals surface area (Å²) in [5, 5.41) is 0. The molecule has 0 spiro atoms. The highest BCUT2D eigenvalue weighted by Crippen LogP contribution is 2.17. The molecule has 1 atom stereocenters. The predicted molar refractivity (Wildman–Crippen MR) is 61.1 cm³/mol. The van der Waals surface area contributed by atoms with E-state index in [9.17, 15) is 4.39 Å². The molecule has 4 heteroatoms. The second-order valence-corrected chi connectivity index (χ2v) is 3.69. The zero-order chi connectivity index (χ0) is 12.0. The number of halogens is 1. The van der Waals surface area contributed by atoms with Crippen LogP contribution in [-0.4, -0.2) is 26.4 Å². The molecule has 0 radical (unpaired) electrons. The fourth-order valence-electron chi connectivity index (χ4n) is 1.30. The van der Waals surface area contributed by atoms with Gasteiger partial charge in [0, 0.05) is 13.2 Å². The van der Waals surface area contributed by atoms with Crippen molar-refractivity contribution in [3.8, 4) is 5.75 Å². The van der Waals surface area contributed by atoms with Crippen LogP contribution in [0.5, 0.6) is 5.75 Å². The first-order valence-electron chi connectivity index (χ1n) is 5.31. The van der Waals surface area contributed by atoms with E-state index in [1.807, 2.05) is 6.92 Å². The quantitative estimate of drug-likeness (QED) is 0.805. The van der Waals surface area contributed by atoms with Crippen LogP contribution in [-0.2, 0) is 11.2 Å². The van der Waals surface area contributed by atoms with Gasteiger partial charge in [-0.3, -0.25) is 0 Å². The normalized spacial score (nSPS) is 12.5. The summed E-state index contributed by atoms with van der Waals surface area (Å²) < 4.78 is 23.7. The Kier molecular flexibility index (Phi) is 5.22. The van der Waals surface area contributed by atoms with Crippen LogP contribution in [0.2, 0.25) is 0 Å². The summed E-state index contributed by atoms with van der Waals surface area (Å²) in [6.07, 6.45) is 0.634. The molecule has 90 valence electrons. The average molecular weight is 227 g/mol. The molecule has 0 saturated carbocycles. The van der Waals surface area contributed by atoms with Crippen molar-refractivity contribution in [1.82, 2.24) is 0 Å². The molecule has 0 aliphatic heterocycles. The Morgan fingerprint density at radius 3 is 2.75 bits per heavy atom. The molecule has 3 nitrogen and oxygen atoms in total. The monoisotopic (exact) mass is 227 g/mol. The number of benzene rings is 1. The van der Waals surface area contributed by atoms with Gasteiger partial charge in [0.25, 0.3) is 0 Å². The minimum Gasteiger partial charge on any atom is -0.491 e. The third-order valence-electron chi connectivity index (χ3n) is 2.25. The van der Waals surface area contributed by atoms with Crippen LogP contribution >= 0.6 is 0 Å². The van der Waals surface area contributed by atoms with E-state index >= 15 is 0 Å². The number of methoxy groups -OCH3 is 1. The van der Waals surface area contributed by atoms with Crippen LogP contribution in [0.25, 0.3) is 0 Å². The Balaban J connectivity index is 2.64. The second kappa shape index (κ2) is 6.45. The minimum absolute atomic E-state index is 0.0128. The summed E-state index contributed by atoms with van der Waals surface area (Å²) in [7, 11) is 1.61. The molecular weight excluding hydrogens is 209 g/mol. The van der Waals surface area contributed by atoms with Gasteiger partial charge in [0.2, 0.25) is 0 Å². The van der Waals surface area contributed by atoms with Gasteiger partial charge in [-0.1, -0.05) is 0 Å². The van der Waals surface area contributed by atoms with Crippen molar-refractivity contribution >= 4 is 0 Å². The van der Waals surface area contributed by atoms with Gasteiger partial charge in [-0.2, -0.15) is 0 Å². The summed E-state index contributed by atoms with van der Waals surface area (Å²) in [5.74, 6) is 0.221. The molecule has 1 aromatic rings. The highest BCUT2D eigenvalue weighted by Gasteiger charge is 2.04. The van der Waals surface area contributed by atoms with E-state index in [2.05, 4.69) is 0 Å². The lowest BCUT2D eigenvalue weighted by Gasteiger charge is -2.12. The summed E-state index contributed by atoms with van der Waals surface area (Å²) >= 11 is 0. The first-order valence-corrected chi connectivity index (χ1v) is 5.31. The molecule has 1 unspecified atom stereocenters. The van der Waals surface area contributed by atoms with Gasteiger partial charge in [-0.15, -0.1) is 0 Å². The largest absolute Gasteiger partial charge is 0.491 e. The molecule has 0 fully saturated rings. The maximum absolute atomic E-state index is 13.2. The van der Waals surface area contributed by atoms with Crippen LogP contribution in [0, 0.1) is 5.82 Å². The van der Waals surface area contributed by atoms with Gasteiger partial charge in [-0.05, 0) is 37.6 Å². The standard InChI is InChI=1S/C12H18FNO2/c1-9(15-2)8-16-12-6-10(3-4-14)5-11(13)7-12/h5-7,9H,3-4,8,14H2,1-2H3. The molecule has 1 rings (SSSR count). The van der Waals surface area contributed by atoms with Crippen molar-refractivity contribution in [3.63, 3.8) is 0 Å². The fourth-order valence-corrected chi connectivity index (χ4v) is 1.30. The van der Waals surface area contributed by atoms with Gasteiger partial charge < -0.3 is 15.2 Å². The van der Waals surface area contributed by atoms with E-state index in [1.54, 1.807) is 13.2 Å². The highest BCUT2D eigenvalue weighted by molar-refractivity contribution is 5.29. The number of rotatable bonds is 6. The van der Waals surface area contributed by atoms with Crippen molar-refractivity contribution in [2.45, 2.75) is 19.4 Å². The zero-order valence-electron chi connectivity index (χ0n) is 9.70. The molecule has 0 bridgehead atoms. The van der Waals surface area contributed by atoms with Crippen molar-refractivity contribution in [1.29, 1.82) is 0 Å². The van der Waals surface area contributed by atoms with Gasteiger partial charge in [0.15, 0.2) is 0 Å². The summed E-state index contributed by atoms with van der Waals surface area (Å²) in [6.45, 7) is 2.79. The second-order valence-electron chi connectivity index (χ2n) is 3.69. The SMILES string of the molecule is COC(C)COc1cc(F)cc(CCN)c1. The molecule has 0 amide bonds. The van der Waals surface area contributed by atoms with Crippen molar-refractivity contribution < 1.29 is 13.9 Å². The van der Waals surface area contributed by atoms with E-state index in [-0.39, 0.29) is 11.9 Å². The first kappa shape index (κ1) is 12.9. The van der Waals surface area contributed by atoms with E-state index in [0.717, 1.165) is 5.56 Å². The molecule has 0 aliphatic carbocycles. The number of hydrogen-bond acceptors (Lipinski definition) is 3. The van der Waals surface area contributed by atoms with Gasteiger partial charge in [0.05, 0.1) is 6.10 Å². The van der Waals surface area contributed by atoms with Gasteiger partial charge in [0.1, 0.15) is 18.2 Å². The third-order valence-corrected chi connectivity index (χ3v) is 2.25. The van der Waals surface area contributed by atoms with Crippen molar-refractivity contribution in [3.05, 3.63) is 29.6 Å². The van der Waals surface area contributed by atoms with E-state index in [0.29, 0.717) is 25.3 Å². The Hall–Kier alpha value is -1.13. The molecular formula is C12H18FNO2. The third kappa shape index (κ3) is 4.16. The lowest BCUT2D eigenvalue weighted by atomic mass is 10.1. The lowest BCUT2D eigenvalue weighted by molar-refractivity contribution is 0.0715. The summed E-state index contributed by atoms with van der Waals surface area (Å²) in [6, 6.07) is 4.64. The van der Waals surface area contributed by atoms with Gasteiger partial charge in [-0.25, -0.2) is 4.39 Å². The van der Waals surface area contributed by atoms with E-state index in [4.69, 9.17) is 15.2 Å². The number of nitrogens with two attached hydrogens (primary N) is 1. The molecule has 1 aromatic carbocycles. The maximum atomic E-state index is 13.2. The van der Waals surface area contributed by atoms with Crippen LogP contribution in [0.1, 0.15) is 12.5 Å². The van der Waals surface area contributed by atoms with Crippen LogP contribution in [0.15, 0.2) is 18.2 Å². The molecule has 0 saturated heterocycles.